The summed E-state index contributed by atoms with van der Waals surface area (Å²) in [4.78, 5) is 16.6. The maximum Gasteiger partial charge on any atom is 0.226 e. The van der Waals surface area contributed by atoms with Crippen LogP contribution < -0.4 is 10.1 Å². The molecule has 7 heteroatoms. The Bertz CT molecular complexity index is 980. The number of carbonyl (C=O) groups is 1. The Labute approximate surface area is 148 Å². The summed E-state index contributed by atoms with van der Waals surface area (Å²) in [6, 6.07) is 10.9. The zero-order valence-electron chi connectivity index (χ0n) is 13.9. The number of anilines is 1. The second-order valence-electron chi connectivity index (χ2n) is 5.99. The summed E-state index contributed by atoms with van der Waals surface area (Å²) in [5, 5.41) is 2.76. The van der Waals surface area contributed by atoms with Gasteiger partial charge in [0.05, 0.1) is 18.5 Å². The van der Waals surface area contributed by atoms with E-state index >= 15 is 0 Å². The van der Waals surface area contributed by atoms with Gasteiger partial charge in [-0.2, -0.15) is 0 Å². The van der Waals surface area contributed by atoms with Gasteiger partial charge in [-0.1, -0.05) is 12.1 Å². The Morgan fingerprint density at radius 3 is 2.65 bits per heavy atom. The number of amides is 1. The van der Waals surface area contributed by atoms with Gasteiger partial charge in [0.15, 0.2) is 0 Å². The van der Waals surface area contributed by atoms with Gasteiger partial charge >= 0.3 is 0 Å². The maximum absolute atomic E-state index is 14.3. The normalized spacial score (nSPS) is 16.1. The van der Waals surface area contributed by atoms with E-state index in [0.717, 1.165) is 0 Å². The van der Waals surface area contributed by atoms with Crippen molar-refractivity contribution < 1.29 is 18.3 Å². The zero-order valence-corrected chi connectivity index (χ0v) is 13.9. The minimum atomic E-state index is -0.785. The smallest absolute Gasteiger partial charge is 0.226 e. The third kappa shape index (κ3) is 2.61. The molecule has 0 saturated heterocycles. The number of benzene rings is 2. The molecular formula is C19H15F2N3O2. The topological polar surface area (TPSA) is 56.1 Å². The van der Waals surface area contributed by atoms with Crippen LogP contribution >= 0.6 is 0 Å². The molecule has 0 spiro atoms. The van der Waals surface area contributed by atoms with Crippen LogP contribution in [0.3, 0.4) is 0 Å². The second kappa shape index (κ2) is 6.25. The Hall–Kier alpha value is -3.22. The summed E-state index contributed by atoms with van der Waals surface area (Å²) in [6.45, 7) is 0. The van der Waals surface area contributed by atoms with Crippen molar-refractivity contribution in [3.8, 4) is 11.4 Å². The van der Waals surface area contributed by atoms with Crippen LogP contribution in [0, 0.1) is 11.6 Å². The number of halogens is 2. The molecule has 1 N–H and O–H groups in total. The highest BCUT2D eigenvalue weighted by atomic mass is 19.1. The van der Waals surface area contributed by atoms with Crippen molar-refractivity contribution in [2.24, 2.45) is 0 Å². The third-order valence-corrected chi connectivity index (χ3v) is 4.45. The average Bonchev–Trinajstić information content (AvgIpc) is 3.05. The molecule has 0 saturated carbocycles. The van der Waals surface area contributed by atoms with Crippen molar-refractivity contribution in [3.05, 3.63) is 71.7 Å². The highest BCUT2D eigenvalue weighted by molar-refractivity contribution is 5.94. The fraction of sp³-hybridized carbons (Fsp3) is 0.158. The molecule has 0 aliphatic carbocycles. The van der Waals surface area contributed by atoms with Gasteiger partial charge in [0, 0.05) is 24.0 Å². The molecule has 0 unspecified atom stereocenters. The Morgan fingerprint density at radius 1 is 1.19 bits per heavy atom. The summed E-state index contributed by atoms with van der Waals surface area (Å²) in [6.07, 6.45) is 1.46. The van der Waals surface area contributed by atoms with E-state index in [4.69, 9.17) is 4.74 Å². The van der Waals surface area contributed by atoms with Gasteiger partial charge in [0.25, 0.3) is 0 Å². The van der Waals surface area contributed by atoms with Crippen molar-refractivity contribution in [2.45, 2.75) is 12.3 Å². The van der Waals surface area contributed by atoms with E-state index in [0.29, 0.717) is 22.9 Å². The first kappa shape index (κ1) is 16.3. The van der Waals surface area contributed by atoms with Crippen LogP contribution in [0.1, 0.15) is 23.6 Å². The van der Waals surface area contributed by atoms with E-state index in [1.165, 1.54) is 24.5 Å². The number of carbonyl (C=O) groups excluding carboxylic acids is 1. The van der Waals surface area contributed by atoms with Crippen LogP contribution in [0.5, 0.6) is 5.75 Å². The second-order valence-corrected chi connectivity index (χ2v) is 5.99. The third-order valence-electron chi connectivity index (χ3n) is 4.45. The number of hydrogen-bond donors (Lipinski definition) is 1. The van der Waals surface area contributed by atoms with Crippen LogP contribution in [0.4, 0.5) is 14.6 Å². The Balaban J connectivity index is 1.85. The highest BCUT2D eigenvalue weighted by Gasteiger charge is 2.34. The molecule has 3 aromatic rings. The average molecular weight is 355 g/mol. The molecule has 132 valence electrons. The number of hydrogen-bond acceptors (Lipinski definition) is 3. The first-order chi connectivity index (χ1) is 12.6. The molecule has 4 rings (SSSR count). The number of nitrogens with zero attached hydrogens (tertiary/aromatic N) is 2. The van der Waals surface area contributed by atoms with E-state index < -0.39 is 17.6 Å². The lowest BCUT2D eigenvalue weighted by Gasteiger charge is -2.24. The largest absolute Gasteiger partial charge is 0.497 e. The van der Waals surface area contributed by atoms with Crippen molar-refractivity contribution in [1.29, 1.82) is 0 Å². The van der Waals surface area contributed by atoms with Gasteiger partial charge in [-0.3, -0.25) is 9.36 Å². The molecule has 26 heavy (non-hydrogen) atoms. The van der Waals surface area contributed by atoms with Gasteiger partial charge < -0.3 is 10.1 Å². The van der Waals surface area contributed by atoms with Crippen molar-refractivity contribution in [1.82, 2.24) is 9.55 Å². The number of rotatable bonds is 3. The first-order valence-electron chi connectivity index (χ1n) is 8.04. The number of aromatic nitrogens is 2. The number of ether oxygens (including phenoxy) is 1. The highest BCUT2D eigenvalue weighted by Crippen LogP contribution is 2.39. The fourth-order valence-corrected chi connectivity index (χ4v) is 3.25. The molecule has 1 aliphatic rings. The molecular weight excluding hydrogens is 340 g/mol. The summed E-state index contributed by atoms with van der Waals surface area (Å²) in [5.41, 5.74) is 1.00. The summed E-state index contributed by atoms with van der Waals surface area (Å²) in [7, 11) is 1.56. The van der Waals surface area contributed by atoms with E-state index in [-0.39, 0.29) is 17.9 Å². The van der Waals surface area contributed by atoms with E-state index in [2.05, 4.69) is 10.3 Å². The number of nitrogens with one attached hydrogen (secondary N) is 1. The molecule has 0 fully saturated rings. The molecule has 2 heterocycles. The minimum absolute atomic E-state index is 0.0695. The monoisotopic (exact) mass is 355 g/mol. The standard InChI is InChI=1S/C19H15F2N3O2/c1-26-12-5-2-4-11(8-12)24-10-22-18-13(9-16(25)23-19(18)24)17-14(20)6-3-7-15(17)21/h2-8,10,13H,9H2,1H3,(H,23,25)/t13-/m0/s1. The van der Waals surface area contributed by atoms with Gasteiger partial charge in [-0.05, 0) is 24.3 Å². The molecule has 0 radical (unpaired) electrons. The van der Waals surface area contributed by atoms with Gasteiger partial charge in [-0.25, -0.2) is 13.8 Å². The van der Waals surface area contributed by atoms with Crippen molar-refractivity contribution in [2.75, 3.05) is 12.4 Å². The fourth-order valence-electron chi connectivity index (χ4n) is 3.25. The number of methoxy groups -OCH3 is 1. The predicted molar refractivity (Wildman–Crippen MR) is 91.6 cm³/mol. The molecule has 1 aromatic heterocycles. The molecule has 1 aliphatic heterocycles. The lowest BCUT2D eigenvalue weighted by atomic mass is 9.89. The molecule has 2 aromatic carbocycles. The molecule has 5 nitrogen and oxygen atoms in total. The van der Waals surface area contributed by atoms with Gasteiger partial charge in [-0.15, -0.1) is 0 Å². The molecule has 0 bridgehead atoms. The predicted octanol–water partition coefficient (Wildman–Crippen LogP) is 3.63. The molecule has 1 atom stereocenters. The summed E-state index contributed by atoms with van der Waals surface area (Å²) < 4.78 is 35.4. The number of fused-ring (bicyclic) bond motifs is 1. The van der Waals surface area contributed by atoms with Gasteiger partial charge in [0.1, 0.15) is 29.5 Å². The lowest BCUT2D eigenvalue weighted by Crippen LogP contribution is -2.26. The van der Waals surface area contributed by atoms with Crippen LogP contribution in [0.2, 0.25) is 0 Å². The Kier molecular flexibility index (Phi) is 3.91. The zero-order chi connectivity index (χ0) is 18.3. The number of imidazole rings is 1. The van der Waals surface area contributed by atoms with Crippen molar-refractivity contribution in [3.63, 3.8) is 0 Å². The van der Waals surface area contributed by atoms with Crippen LogP contribution in [-0.2, 0) is 4.79 Å². The minimum Gasteiger partial charge on any atom is -0.497 e. The van der Waals surface area contributed by atoms with Crippen LogP contribution in [0.25, 0.3) is 5.69 Å². The van der Waals surface area contributed by atoms with Gasteiger partial charge in [0.2, 0.25) is 5.91 Å². The van der Waals surface area contributed by atoms with E-state index in [1.54, 1.807) is 29.9 Å². The van der Waals surface area contributed by atoms with E-state index in [1.807, 2.05) is 6.07 Å². The SMILES string of the molecule is COc1cccc(-n2cnc3c2NC(=O)C[C@H]3c2c(F)cccc2F)c1. The maximum atomic E-state index is 14.3. The van der Waals surface area contributed by atoms with Crippen LogP contribution in [0.15, 0.2) is 48.8 Å². The lowest BCUT2D eigenvalue weighted by molar-refractivity contribution is -0.116. The summed E-state index contributed by atoms with van der Waals surface area (Å²) in [5.74, 6) is -1.44. The van der Waals surface area contributed by atoms with Crippen LogP contribution in [-0.4, -0.2) is 22.6 Å². The quantitative estimate of drug-likeness (QED) is 0.781. The molecule has 1 amide bonds. The van der Waals surface area contributed by atoms with Crippen molar-refractivity contribution >= 4 is 11.7 Å². The Morgan fingerprint density at radius 2 is 1.92 bits per heavy atom. The summed E-state index contributed by atoms with van der Waals surface area (Å²) >= 11 is 0. The first-order valence-corrected chi connectivity index (χ1v) is 8.04. The van der Waals surface area contributed by atoms with E-state index in [9.17, 15) is 13.6 Å².